The van der Waals surface area contributed by atoms with Gasteiger partial charge in [-0.3, -0.25) is 20.0 Å². The van der Waals surface area contributed by atoms with Crippen LogP contribution >= 0.6 is 0 Å². The van der Waals surface area contributed by atoms with Gasteiger partial charge in [0.15, 0.2) is 0 Å². The largest absolute Gasteiger partial charge is 0.475 e. The van der Waals surface area contributed by atoms with Crippen molar-refractivity contribution in [3.8, 4) is 5.88 Å². The van der Waals surface area contributed by atoms with E-state index in [4.69, 9.17) is 14.8 Å². The minimum Gasteiger partial charge on any atom is -0.475 e. The van der Waals surface area contributed by atoms with E-state index in [2.05, 4.69) is 10.2 Å². The highest BCUT2D eigenvalue weighted by atomic mass is 16.5. The van der Waals surface area contributed by atoms with Crippen LogP contribution in [0.2, 0.25) is 0 Å². The molecular weight excluding hydrogens is 318 g/mol. The molecule has 0 atom stereocenters. The fourth-order valence-electron chi connectivity index (χ4n) is 2.87. The van der Waals surface area contributed by atoms with E-state index in [1.54, 1.807) is 0 Å². The molecule has 0 saturated carbocycles. The second kappa shape index (κ2) is 7.53. The summed E-state index contributed by atoms with van der Waals surface area (Å²) in [5.41, 5.74) is 4.04. The first-order valence-electron chi connectivity index (χ1n) is 8.57. The van der Waals surface area contributed by atoms with Crippen molar-refractivity contribution in [2.45, 2.75) is 39.2 Å². The zero-order valence-electron chi connectivity index (χ0n) is 14.5. The minimum absolute atomic E-state index is 0.0443. The van der Waals surface area contributed by atoms with Crippen molar-refractivity contribution < 1.29 is 9.84 Å². The molecule has 2 heterocycles. The van der Waals surface area contributed by atoms with Crippen LogP contribution in [-0.2, 0) is 0 Å². The topological polar surface area (TPSA) is 90.5 Å². The first kappa shape index (κ1) is 17.2. The van der Waals surface area contributed by atoms with Crippen LogP contribution in [0.4, 0.5) is 5.69 Å². The van der Waals surface area contributed by atoms with Gasteiger partial charge in [0.1, 0.15) is 5.56 Å². The molecule has 25 heavy (non-hydrogen) atoms. The second-order valence-corrected chi connectivity index (χ2v) is 6.30. The van der Waals surface area contributed by atoms with E-state index in [-0.39, 0.29) is 18.3 Å². The number of benzene rings is 1. The molecule has 0 amide bonds. The number of hydrogen-bond donors (Lipinski definition) is 3. The number of rotatable bonds is 7. The van der Waals surface area contributed by atoms with Crippen LogP contribution < -0.4 is 10.3 Å². The van der Waals surface area contributed by atoms with E-state index in [1.165, 1.54) is 0 Å². The first-order valence-corrected chi connectivity index (χ1v) is 8.57. The van der Waals surface area contributed by atoms with Gasteiger partial charge >= 0.3 is 0 Å². The zero-order chi connectivity index (χ0) is 17.8. The Morgan fingerprint density at radius 3 is 2.80 bits per heavy atom. The van der Waals surface area contributed by atoms with E-state index in [0.717, 1.165) is 41.8 Å². The Kier molecular flexibility index (Phi) is 5.19. The highest BCUT2D eigenvalue weighted by Crippen LogP contribution is 2.37. The number of aliphatic hydroxyl groups excluding tert-OH is 1. The van der Waals surface area contributed by atoms with Gasteiger partial charge in [-0.05, 0) is 45.3 Å². The number of aliphatic imine (C=N–C) groups is 1. The van der Waals surface area contributed by atoms with E-state index in [9.17, 15) is 4.79 Å². The summed E-state index contributed by atoms with van der Waals surface area (Å²) in [6, 6.07) is 7.89. The number of hydrogen-bond acceptors (Lipinski definition) is 4. The molecule has 1 aromatic carbocycles. The molecule has 3 rings (SSSR count). The molecule has 0 spiro atoms. The lowest BCUT2D eigenvalue weighted by Crippen LogP contribution is -2.09. The number of nitrogens with zero attached hydrogens (tertiary/aromatic N) is 1. The van der Waals surface area contributed by atoms with Gasteiger partial charge in [-0.15, -0.1) is 0 Å². The second-order valence-electron chi connectivity index (χ2n) is 6.30. The van der Waals surface area contributed by atoms with Gasteiger partial charge in [-0.25, -0.2) is 0 Å². The fraction of sp³-hybridized carbons (Fsp3) is 0.368. The van der Waals surface area contributed by atoms with E-state index < -0.39 is 0 Å². The van der Waals surface area contributed by atoms with Crippen LogP contribution in [0.3, 0.4) is 0 Å². The summed E-state index contributed by atoms with van der Waals surface area (Å²) in [4.78, 5) is 16.9. The lowest BCUT2D eigenvalue weighted by molar-refractivity contribution is 0.232. The van der Waals surface area contributed by atoms with Crippen molar-refractivity contribution in [1.29, 1.82) is 0 Å². The molecule has 6 heteroatoms. The molecule has 0 radical (unpaired) electrons. The normalized spacial score (nSPS) is 14.9. The maximum Gasteiger partial charge on any atom is 0.275 e. The van der Waals surface area contributed by atoms with Crippen LogP contribution in [0.15, 0.2) is 34.1 Å². The first-order chi connectivity index (χ1) is 12.1. The van der Waals surface area contributed by atoms with Crippen LogP contribution in [-0.4, -0.2) is 33.7 Å². The number of nitrogens with one attached hydrogen (secondary N) is 2. The molecule has 6 nitrogen and oxygen atoms in total. The van der Waals surface area contributed by atoms with Gasteiger partial charge in [-0.1, -0.05) is 18.2 Å². The highest BCUT2D eigenvalue weighted by molar-refractivity contribution is 6.32. The average molecular weight is 341 g/mol. The van der Waals surface area contributed by atoms with Crippen molar-refractivity contribution >= 4 is 23.0 Å². The Balaban J connectivity index is 2.01. The molecule has 1 aromatic heterocycles. The fourth-order valence-corrected chi connectivity index (χ4v) is 2.87. The highest BCUT2D eigenvalue weighted by Gasteiger charge is 2.22. The molecule has 2 aromatic rings. The molecule has 0 aliphatic carbocycles. The molecule has 3 N–H and O–H groups in total. The number of para-hydroxylation sites is 1. The Hall–Kier alpha value is -2.60. The number of ether oxygens (including phenoxy) is 1. The van der Waals surface area contributed by atoms with E-state index in [0.29, 0.717) is 11.4 Å². The Morgan fingerprint density at radius 1 is 1.24 bits per heavy atom. The third kappa shape index (κ3) is 3.74. The number of H-pyrrole nitrogens is 2. The Morgan fingerprint density at radius 2 is 2.04 bits per heavy atom. The third-order valence-corrected chi connectivity index (χ3v) is 4.00. The molecule has 0 bridgehead atoms. The molecule has 0 unspecified atom stereocenters. The molecule has 132 valence electrons. The summed E-state index contributed by atoms with van der Waals surface area (Å²) in [6.07, 6.45) is 4.13. The summed E-state index contributed by atoms with van der Waals surface area (Å²) >= 11 is 0. The van der Waals surface area contributed by atoms with E-state index in [1.807, 2.05) is 44.2 Å². The van der Waals surface area contributed by atoms with Crippen molar-refractivity contribution in [2.75, 3.05) is 6.61 Å². The van der Waals surface area contributed by atoms with Crippen molar-refractivity contribution in [1.82, 2.24) is 10.2 Å². The molecule has 0 fully saturated rings. The molecular formula is C19H23N3O3. The number of fused-ring (bicyclic) bond motifs is 1. The van der Waals surface area contributed by atoms with Gasteiger partial charge in [-0.2, -0.15) is 0 Å². The molecule has 1 aliphatic rings. The average Bonchev–Trinajstić information content (AvgIpc) is 3.10. The quantitative estimate of drug-likeness (QED) is 0.675. The Bertz CT molecular complexity index is 859. The van der Waals surface area contributed by atoms with Gasteiger partial charge in [0.2, 0.25) is 5.88 Å². The number of aliphatic hydroxyl groups is 1. The molecule has 0 saturated heterocycles. The maximum absolute atomic E-state index is 12.2. The SMILES string of the molecule is CC(C)Oc1[nH][nH]c(=O)c1C=C1C(CCCCO)=Nc2ccccc21. The van der Waals surface area contributed by atoms with E-state index >= 15 is 0 Å². The van der Waals surface area contributed by atoms with Gasteiger partial charge in [0.05, 0.1) is 11.8 Å². The summed E-state index contributed by atoms with van der Waals surface area (Å²) in [7, 11) is 0. The third-order valence-electron chi connectivity index (χ3n) is 4.00. The minimum atomic E-state index is -0.220. The number of aromatic amines is 2. The van der Waals surface area contributed by atoms with Crippen LogP contribution in [0, 0.1) is 0 Å². The number of unbranched alkanes of at least 4 members (excludes halogenated alkanes) is 1. The Labute approximate surface area is 146 Å². The lowest BCUT2D eigenvalue weighted by atomic mass is 9.98. The number of aromatic nitrogens is 2. The predicted molar refractivity (Wildman–Crippen MR) is 99.5 cm³/mol. The number of allylic oxidation sites excluding steroid dienone is 1. The summed E-state index contributed by atoms with van der Waals surface area (Å²) in [6.45, 7) is 3.99. The monoisotopic (exact) mass is 341 g/mol. The van der Waals surface area contributed by atoms with Crippen LogP contribution in [0.1, 0.15) is 44.2 Å². The van der Waals surface area contributed by atoms with Gasteiger partial charge in [0.25, 0.3) is 5.56 Å². The summed E-state index contributed by atoms with van der Waals surface area (Å²) < 4.78 is 5.69. The van der Waals surface area contributed by atoms with Crippen LogP contribution in [0.5, 0.6) is 5.88 Å². The standard InChI is InChI=1S/C19H23N3O3/c1-12(2)25-19-15(18(24)21-22-19)11-14-13-7-3-4-8-16(13)20-17(14)9-5-6-10-23/h3-4,7-8,11-12,23H,5-6,9-10H2,1-2H3,(H2,21,22,24). The lowest BCUT2D eigenvalue weighted by Gasteiger charge is -2.09. The summed E-state index contributed by atoms with van der Waals surface area (Å²) in [5, 5.41) is 14.4. The molecule has 1 aliphatic heterocycles. The van der Waals surface area contributed by atoms with Crippen LogP contribution in [0.25, 0.3) is 11.6 Å². The van der Waals surface area contributed by atoms with Crippen molar-refractivity contribution in [2.24, 2.45) is 4.99 Å². The van der Waals surface area contributed by atoms with Crippen molar-refractivity contribution in [3.63, 3.8) is 0 Å². The van der Waals surface area contributed by atoms with Gasteiger partial charge < -0.3 is 9.84 Å². The summed E-state index contributed by atoms with van der Waals surface area (Å²) in [5.74, 6) is 0.437. The maximum atomic E-state index is 12.2. The smallest absolute Gasteiger partial charge is 0.275 e. The van der Waals surface area contributed by atoms with Gasteiger partial charge in [0, 0.05) is 23.5 Å². The van der Waals surface area contributed by atoms with Crippen molar-refractivity contribution in [3.05, 3.63) is 45.7 Å². The predicted octanol–water partition coefficient (Wildman–Crippen LogP) is 3.28. The zero-order valence-corrected chi connectivity index (χ0v) is 14.5.